The standard InChI is InChI=1S/C19H22N4O4S2/c1-19(2,3)27-18(24)20-12-11-13-7-9-14(10-8-13)23-29(25,26)16-6-4-5-15-17(16)22-28-21-15/h4-10,23H,11-12H2,1-3H3,(H,20,24). The molecular formula is C19H22N4O4S2. The first-order valence-corrected chi connectivity index (χ1v) is 11.2. The average Bonchev–Trinajstić information content (AvgIpc) is 3.10. The lowest BCUT2D eigenvalue weighted by atomic mass is 10.1. The second-order valence-electron chi connectivity index (χ2n) is 7.37. The van der Waals surface area contributed by atoms with Gasteiger partial charge in [-0.25, -0.2) is 13.2 Å². The number of hydrogen-bond donors (Lipinski definition) is 2. The van der Waals surface area contributed by atoms with Gasteiger partial charge in [-0.1, -0.05) is 18.2 Å². The zero-order chi connectivity index (χ0) is 21.1. The molecule has 0 atom stereocenters. The maximum Gasteiger partial charge on any atom is 0.407 e. The van der Waals surface area contributed by atoms with Crippen molar-refractivity contribution in [2.45, 2.75) is 37.7 Å². The quantitative estimate of drug-likeness (QED) is 0.614. The molecule has 0 bridgehead atoms. The molecule has 0 radical (unpaired) electrons. The van der Waals surface area contributed by atoms with Gasteiger partial charge < -0.3 is 10.1 Å². The third-order valence-corrected chi connectivity index (χ3v) is 5.78. The molecular weight excluding hydrogens is 412 g/mol. The second-order valence-corrected chi connectivity index (χ2v) is 9.55. The molecule has 0 aliphatic rings. The van der Waals surface area contributed by atoms with E-state index in [0.717, 1.165) is 17.3 Å². The topological polar surface area (TPSA) is 110 Å². The van der Waals surface area contributed by atoms with Gasteiger partial charge >= 0.3 is 6.09 Å². The second kappa shape index (κ2) is 8.34. The molecule has 0 aliphatic heterocycles. The highest BCUT2D eigenvalue weighted by Gasteiger charge is 2.19. The highest BCUT2D eigenvalue weighted by molar-refractivity contribution is 7.93. The molecule has 0 saturated carbocycles. The SMILES string of the molecule is CC(C)(C)OC(=O)NCCc1ccc(NS(=O)(=O)c2cccc3nsnc23)cc1. The summed E-state index contributed by atoms with van der Waals surface area (Å²) >= 11 is 0.973. The van der Waals surface area contributed by atoms with Crippen LogP contribution in [0.5, 0.6) is 0 Å². The zero-order valence-electron chi connectivity index (χ0n) is 16.3. The summed E-state index contributed by atoms with van der Waals surface area (Å²) in [6.45, 7) is 5.83. The number of aromatic nitrogens is 2. The van der Waals surface area contributed by atoms with E-state index in [1.165, 1.54) is 6.07 Å². The van der Waals surface area contributed by atoms with Crippen LogP contribution >= 0.6 is 11.7 Å². The van der Waals surface area contributed by atoms with Crippen molar-refractivity contribution in [2.24, 2.45) is 0 Å². The molecule has 1 heterocycles. The molecule has 2 N–H and O–H groups in total. The molecule has 8 nitrogen and oxygen atoms in total. The number of nitrogens with zero attached hydrogens (tertiary/aromatic N) is 2. The van der Waals surface area contributed by atoms with Gasteiger partial charge in [0.1, 0.15) is 21.5 Å². The first-order chi connectivity index (χ1) is 13.6. The molecule has 0 saturated heterocycles. The van der Waals surface area contributed by atoms with Crippen LogP contribution in [-0.4, -0.2) is 35.4 Å². The predicted octanol–water partition coefficient (Wildman–Crippen LogP) is 3.56. The minimum Gasteiger partial charge on any atom is -0.444 e. The lowest BCUT2D eigenvalue weighted by Gasteiger charge is -2.19. The van der Waals surface area contributed by atoms with E-state index in [2.05, 4.69) is 18.8 Å². The van der Waals surface area contributed by atoms with Crippen molar-refractivity contribution in [3.63, 3.8) is 0 Å². The van der Waals surface area contributed by atoms with E-state index in [-0.39, 0.29) is 4.90 Å². The number of ether oxygens (including phenoxy) is 1. The Morgan fingerprint density at radius 1 is 1.10 bits per heavy atom. The van der Waals surface area contributed by atoms with Crippen LogP contribution in [0.25, 0.3) is 11.0 Å². The van der Waals surface area contributed by atoms with Gasteiger partial charge in [-0.3, -0.25) is 4.72 Å². The van der Waals surface area contributed by atoms with Crippen LogP contribution in [0, 0.1) is 0 Å². The molecule has 1 amide bonds. The summed E-state index contributed by atoms with van der Waals surface area (Å²) < 4.78 is 41.3. The summed E-state index contributed by atoms with van der Waals surface area (Å²) in [5.41, 5.74) is 1.76. The van der Waals surface area contributed by atoms with Gasteiger partial charge in [-0.05, 0) is 57.0 Å². The minimum atomic E-state index is -3.79. The average molecular weight is 435 g/mol. The summed E-state index contributed by atoms with van der Waals surface area (Å²) in [6.07, 6.45) is 0.128. The molecule has 29 heavy (non-hydrogen) atoms. The van der Waals surface area contributed by atoms with E-state index in [1.54, 1.807) is 57.2 Å². The number of sulfonamides is 1. The molecule has 1 aromatic heterocycles. The van der Waals surface area contributed by atoms with Crippen LogP contribution in [0.3, 0.4) is 0 Å². The Kier molecular flexibility index (Phi) is 6.04. The Labute approximate surface area is 173 Å². The van der Waals surface area contributed by atoms with E-state index < -0.39 is 21.7 Å². The molecule has 0 fully saturated rings. The largest absolute Gasteiger partial charge is 0.444 e. The number of nitrogens with one attached hydrogen (secondary N) is 2. The monoisotopic (exact) mass is 434 g/mol. The molecule has 0 unspecified atom stereocenters. The van der Waals surface area contributed by atoms with E-state index in [0.29, 0.717) is 29.7 Å². The maximum atomic E-state index is 12.7. The first-order valence-electron chi connectivity index (χ1n) is 8.94. The van der Waals surface area contributed by atoms with Crippen LogP contribution in [0.1, 0.15) is 26.3 Å². The molecule has 0 spiro atoms. The Bertz CT molecular complexity index is 1100. The maximum absolute atomic E-state index is 12.7. The number of fused-ring (bicyclic) bond motifs is 1. The fourth-order valence-electron chi connectivity index (χ4n) is 2.57. The Hall–Kier alpha value is -2.72. The highest BCUT2D eigenvalue weighted by Crippen LogP contribution is 2.23. The molecule has 3 rings (SSSR count). The number of hydrogen-bond acceptors (Lipinski definition) is 7. The van der Waals surface area contributed by atoms with Crippen molar-refractivity contribution in [3.05, 3.63) is 48.0 Å². The van der Waals surface area contributed by atoms with Crippen molar-refractivity contribution in [3.8, 4) is 0 Å². The van der Waals surface area contributed by atoms with Crippen LogP contribution in [0.15, 0.2) is 47.4 Å². The fourth-order valence-corrected chi connectivity index (χ4v) is 4.40. The van der Waals surface area contributed by atoms with Crippen molar-refractivity contribution < 1.29 is 17.9 Å². The summed E-state index contributed by atoms with van der Waals surface area (Å²) in [5.74, 6) is 0. The first kappa shape index (κ1) is 21.0. The summed E-state index contributed by atoms with van der Waals surface area (Å²) in [7, 11) is -3.79. The molecule has 154 valence electrons. The molecule has 2 aromatic carbocycles. The van der Waals surface area contributed by atoms with Gasteiger partial charge in [-0.15, -0.1) is 0 Å². The normalized spacial score (nSPS) is 12.0. The molecule has 0 aliphatic carbocycles. The number of benzene rings is 2. The summed E-state index contributed by atoms with van der Waals surface area (Å²) in [4.78, 5) is 11.7. The minimum absolute atomic E-state index is 0.0920. The van der Waals surface area contributed by atoms with Gasteiger partial charge in [-0.2, -0.15) is 8.75 Å². The van der Waals surface area contributed by atoms with Crippen LogP contribution in [0.2, 0.25) is 0 Å². The van der Waals surface area contributed by atoms with Gasteiger partial charge in [0, 0.05) is 12.2 Å². The fraction of sp³-hybridized carbons (Fsp3) is 0.316. The van der Waals surface area contributed by atoms with Crippen molar-refractivity contribution >= 4 is 44.6 Å². The van der Waals surface area contributed by atoms with Crippen LogP contribution in [-0.2, 0) is 21.2 Å². The van der Waals surface area contributed by atoms with E-state index >= 15 is 0 Å². The Balaban J connectivity index is 1.60. The lowest BCUT2D eigenvalue weighted by molar-refractivity contribution is 0.0528. The third kappa shape index (κ3) is 5.64. The summed E-state index contributed by atoms with van der Waals surface area (Å²) in [6, 6.07) is 11.8. The Morgan fingerprint density at radius 3 is 2.52 bits per heavy atom. The van der Waals surface area contributed by atoms with Gasteiger partial charge in [0.25, 0.3) is 10.0 Å². The number of alkyl carbamates (subject to hydrolysis) is 1. The number of rotatable bonds is 6. The van der Waals surface area contributed by atoms with Gasteiger partial charge in [0.05, 0.1) is 11.7 Å². The predicted molar refractivity (Wildman–Crippen MR) is 113 cm³/mol. The molecule has 3 aromatic rings. The molecule has 10 heteroatoms. The van der Waals surface area contributed by atoms with Crippen molar-refractivity contribution in [1.29, 1.82) is 0 Å². The zero-order valence-corrected chi connectivity index (χ0v) is 17.9. The number of carbonyl (C=O) groups excluding carboxylic acids is 1. The van der Waals surface area contributed by atoms with Crippen LogP contribution in [0.4, 0.5) is 10.5 Å². The van der Waals surface area contributed by atoms with E-state index in [4.69, 9.17) is 4.74 Å². The summed E-state index contributed by atoms with van der Waals surface area (Å²) in [5, 5.41) is 2.69. The van der Waals surface area contributed by atoms with E-state index in [9.17, 15) is 13.2 Å². The van der Waals surface area contributed by atoms with Gasteiger partial charge in [0.2, 0.25) is 0 Å². The third-order valence-electron chi connectivity index (χ3n) is 3.83. The Morgan fingerprint density at radius 2 is 1.83 bits per heavy atom. The van der Waals surface area contributed by atoms with Crippen molar-refractivity contribution in [1.82, 2.24) is 14.1 Å². The number of amides is 1. The lowest BCUT2D eigenvalue weighted by Crippen LogP contribution is -2.33. The van der Waals surface area contributed by atoms with E-state index in [1.807, 2.05) is 0 Å². The van der Waals surface area contributed by atoms with Crippen LogP contribution < -0.4 is 10.0 Å². The van der Waals surface area contributed by atoms with Gasteiger partial charge in [0.15, 0.2) is 0 Å². The van der Waals surface area contributed by atoms with Crippen molar-refractivity contribution in [2.75, 3.05) is 11.3 Å². The number of anilines is 1. The smallest absolute Gasteiger partial charge is 0.407 e. The number of carbonyl (C=O) groups is 1. The highest BCUT2D eigenvalue weighted by atomic mass is 32.2.